The Morgan fingerprint density at radius 2 is 2.11 bits per heavy atom. The normalized spacial score (nSPS) is 18.6. The maximum absolute atomic E-state index is 12.4. The van der Waals surface area contributed by atoms with Gasteiger partial charge in [-0.2, -0.15) is 0 Å². The van der Waals surface area contributed by atoms with Gasteiger partial charge >= 0.3 is 5.97 Å². The van der Waals surface area contributed by atoms with Gasteiger partial charge in [-0.15, -0.1) is 0 Å². The summed E-state index contributed by atoms with van der Waals surface area (Å²) in [6, 6.07) is 5.85. The van der Waals surface area contributed by atoms with Crippen LogP contribution in [0.2, 0.25) is 0 Å². The molecule has 0 radical (unpaired) electrons. The molecule has 1 unspecified atom stereocenters. The first-order chi connectivity index (χ1) is 8.97. The van der Waals surface area contributed by atoms with Crippen LogP contribution in [-0.4, -0.2) is 35.0 Å². The molecule has 1 aromatic carbocycles. The zero-order chi connectivity index (χ0) is 14.0. The second-order valence-corrected chi connectivity index (χ2v) is 5.32. The van der Waals surface area contributed by atoms with Crippen LogP contribution in [0.5, 0.6) is 0 Å². The van der Waals surface area contributed by atoms with Gasteiger partial charge in [0, 0.05) is 25.1 Å². The predicted molar refractivity (Wildman–Crippen MR) is 72.2 cm³/mol. The fraction of sp³-hybridized carbons (Fsp3) is 0.467. The third kappa shape index (κ3) is 3.13. The van der Waals surface area contributed by atoms with Crippen molar-refractivity contribution in [1.82, 2.24) is 4.90 Å². The Morgan fingerprint density at radius 3 is 2.79 bits per heavy atom. The summed E-state index contributed by atoms with van der Waals surface area (Å²) in [6.45, 7) is 5.10. The highest BCUT2D eigenvalue weighted by Gasteiger charge is 2.28. The van der Waals surface area contributed by atoms with Crippen molar-refractivity contribution in [3.63, 3.8) is 0 Å². The highest BCUT2D eigenvalue weighted by atomic mass is 16.4. The molecule has 19 heavy (non-hydrogen) atoms. The Morgan fingerprint density at radius 1 is 1.37 bits per heavy atom. The van der Waals surface area contributed by atoms with Gasteiger partial charge in [-0.05, 0) is 37.8 Å². The van der Waals surface area contributed by atoms with E-state index >= 15 is 0 Å². The minimum atomic E-state index is -0.786. The molecule has 1 aliphatic rings. The highest BCUT2D eigenvalue weighted by Crippen LogP contribution is 2.23. The molecule has 0 saturated carbocycles. The summed E-state index contributed by atoms with van der Waals surface area (Å²) >= 11 is 0. The van der Waals surface area contributed by atoms with E-state index in [1.54, 1.807) is 4.90 Å². The first-order valence-corrected chi connectivity index (χ1v) is 6.55. The molecule has 1 aliphatic heterocycles. The van der Waals surface area contributed by atoms with Crippen molar-refractivity contribution >= 4 is 11.9 Å². The SMILES string of the molecule is Cc1ccc(C)c(C(=O)N2CCC(CC(=O)O)C2)c1. The number of carboxylic acid groups (broad SMARTS) is 1. The van der Waals surface area contributed by atoms with Crippen molar-refractivity contribution in [2.75, 3.05) is 13.1 Å². The van der Waals surface area contributed by atoms with Crippen LogP contribution in [0, 0.1) is 19.8 Å². The smallest absolute Gasteiger partial charge is 0.303 e. The summed E-state index contributed by atoms with van der Waals surface area (Å²) < 4.78 is 0. The molecule has 4 heteroatoms. The number of carbonyl (C=O) groups is 2. The van der Waals surface area contributed by atoms with Gasteiger partial charge in [0.25, 0.3) is 5.91 Å². The van der Waals surface area contributed by atoms with E-state index < -0.39 is 5.97 Å². The van der Waals surface area contributed by atoms with E-state index in [-0.39, 0.29) is 18.2 Å². The molecule has 2 rings (SSSR count). The number of carboxylic acids is 1. The van der Waals surface area contributed by atoms with Crippen LogP contribution < -0.4 is 0 Å². The molecule has 1 atom stereocenters. The van der Waals surface area contributed by atoms with Crippen molar-refractivity contribution in [2.45, 2.75) is 26.7 Å². The van der Waals surface area contributed by atoms with E-state index in [9.17, 15) is 9.59 Å². The molecule has 1 fully saturated rings. The molecule has 0 aliphatic carbocycles. The van der Waals surface area contributed by atoms with Crippen LogP contribution in [0.1, 0.15) is 34.3 Å². The third-order valence-electron chi connectivity index (χ3n) is 3.66. The molecule has 1 saturated heterocycles. The lowest BCUT2D eigenvalue weighted by molar-refractivity contribution is -0.138. The zero-order valence-electron chi connectivity index (χ0n) is 11.3. The van der Waals surface area contributed by atoms with Gasteiger partial charge in [-0.25, -0.2) is 0 Å². The van der Waals surface area contributed by atoms with Crippen molar-refractivity contribution in [3.05, 3.63) is 34.9 Å². The van der Waals surface area contributed by atoms with Gasteiger partial charge in [-0.3, -0.25) is 9.59 Å². The molecular weight excluding hydrogens is 242 g/mol. The van der Waals surface area contributed by atoms with Crippen LogP contribution in [0.25, 0.3) is 0 Å². The number of aryl methyl sites for hydroxylation is 2. The molecule has 4 nitrogen and oxygen atoms in total. The highest BCUT2D eigenvalue weighted by molar-refractivity contribution is 5.96. The molecule has 102 valence electrons. The number of hydrogen-bond acceptors (Lipinski definition) is 2. The Hall–Kier alpha value is -1.84. The van der Waals surface area contributed by atoms with E-state index in [0.29, 0.717) is 13.1 Å². The summed E-state index contributed by atoms with van der Waals surface area (Å²) in [7, 11) is 0. The number of carbonyl (C=O) groups excluding carboxylic acids is 1. The van der Waals surface area contributed by atoms with Gasteiger partial charge in [0.05, 0.1) is 0 Å². The standard InChI is InChI=1S/C15H19NO3/c1-10-3-4-11(2)13(7-10)15(19)16-6-5-12(9-16)8-14(17)18/h3-4,7,12H,5-6,8-9H2,1-2H3,(H,17,18). The van der Waals surface area contributed by atoms with Crippen molar-refractivity contribution < 1.29 is 14.7 Å². The van der Waals surface area contributed by atoms with Crippen LogP contribution in [-0.2, 0) is 4.79 Å². The first kappa shape index (κ1) is 13.6. The fourth-order valence-corrected chi connectivity index (χ4v) is 2.57. The Kier molecular flexibility index (Phi) is 3.88. The summed E-state index contributed by atoms with van der Waals surface area (Å²) in [5.74, 6) is -0.674. The number of hydrogen-bond donors (Lipinski definition) is 1. The number of amides is 1. The van der Waals surface area contributed by atoms with Crippen LogP contribution in [0.4, 0.5) is 0 Å². The number of rotatable bonds is 3. The maximum Gasteiger partial charge on any atom is 0.303 e. The van der Waals surface area contributed by atoms with Gasteiger partial charge in [0.2, 0.25) is 0 Å². The Bertz CT molecular complexity index is 510. The maximum atomic E-state index is 12.4. The predicted octanol–water partition coefficient (Wildman–Crippen LogP) is 2.24. The van der Waals surface area contributed by atoms with E-state index in [0.717, 1.165) is 23.1 Å². The molecule has 0 aromatic heterocycles. The van der Waals surface area contributed by atoms with Gasteiger partial charge in [0.15, 0.2) is 0 Å². The second kappa shape index (κ2) is 5.43. The zero-order valence-corrected chi connectivity index (χ0v) is 11.3. The van der Waals surface area contributed by atoms with E-state index in [4.69, 9.17) is 5.11 Å². The van der Waals surface area contributed by atoms with Gasteiger partial charge < -0.3 is 10.0 Å². The topological polar surface area (TPSA) is 57.6 Å². The minimum Gasteiger partial charge on any atom is -0.481 e. The van der Waals surface area contributed by atoms with Gasteiger partial charge in [0.1, 0.15) is 0 Å². The quantitative estimate of drug-likeness (QED) is 0.907. The summed E-state index contributed by atoms with van der Waals surface area (Å²) in [4.78, 5) is 24.9. The summed E-state index contributed by atoms with van der Waals surface area (Å²) in [5.41, 5.74) is 2.77. The molecule has 1 aromatic rings. The lowest BCUT2D eigenvalue weighted by Gasteiger charge is -2.18. The van der Waals surface area contributed by atoms with Crippen LogP contribution in [0.15, 0.2) is 18.2 Å². The van der Waals surface area contributed by atoms with E-state index in [1.165, 1.54) is 0 Å². The molecule has 1 amide bonds. The van der Waals surface area contributed by atoms with Crippen LogP contribution >= 0.6 is 0 Å². The first-order valence-electron chi connectivity index (χ1n) is 6.55. The Labute approximate surface area is 113 Å². The van der Waals surface area contributed by atoms with Crippen molar-refractivity contribution in [3.8, 4) is 0 Å². The van der Waals surface area contributed by atoms with E-state index in [2.05, 4.69) is 0 Å². The van der Waals surface area contributed by atoms with Crippen molar-refractivity contribution in [1.29, 1.82) is 0 Å². The molecular formula is C15H19NO3. The van der Waals surface area contributed by atoms with E-state index in [1.807, 2.05) is 32.0 Å². The molecule has 1 N–H and O–H groups in total. The average Bonchev–Trinajstić information content (AvgIpc) is 2.79. The Balaban J connectivity index is 2.09. The summed E-state index contributed by atoms with van der Waals surface area (Å²) in [6.07, 6.45) is 0.930. The number of likely N-dealkylation sites (tertiary alicyclic amines) is 1. The molecule has 1 heterocycles. The average molecular weight is 261 g/mol. The van der Waals surface area contributed by atoms with Gasteiger partial charge in [-0.1, -0.05) is 17.7 Å². The third-order valence-corrected chi connectivity index (χ3v) is 3.66. The second-order valence-electron chi connectivity index (χ2n) is 5.32. The van der Waals surface area contributed by atoms with Crippen LogP contribution in [0.3, 0.4) is 0 Å². The number of nitrogens with zero attached hydrogens (tertiary/aromatic N) is 1. The largest absolute Gasteiger partial charge is 0.481 e. The lowest BCUT2D eigenvalue weighted by Crippen LogP contribution is -2.29. The fourth-order valence-electron chi connectivity index (χ4n) is 2.57. The lowest BCUT2D eigenvalue weighted by atomic mass is 10.0. The molecule has 0 spiro atoms. The molecule has 0 bridgehead atoms. The number of benzene rings is 1. The minimum absolute atomic E-state index is 0.0223. The van der Waals surface area contributed by atoms with Crippen molar-refractivity contribution in [2.24, 2.45) is 5.92 Å². The number of aliphatic carboxylic acids is 1. The monoisotopic (exact) mass is 261 g/mol. The summed E-state index contributed by atoms with van der Waals surface area (Å²) in [5, 5.41) is 8.79.